The van der Waals surface area contributed by atoms with E-state index >= 15 is 0 Å². The van der Waals surface area contributed by atoms with Gasteiger partial charge >= 0.3 is 13.3 Å². The quantitative estimate of drug-likeness (QED) is 0.621. The van der Waals surface area contributed by atoms with Gasteiger partial charge in [0, 0.05) is 0 Å². The zero-order valence-electron chi connectivity index (χ0n) is 8.75. The second-order valence-electron chi connectivity index (χ2n) is 3.17. The molecule has 0 aliphatic rings. The monoisotopic (exact) mass is 252 g/mol. The second-order valence-corrected chi connectivity index (χ2v) is 3.17. The Morgan fingerprint density at radius 1 is 1.29 bits per heavy atom. The number of rotatable bonds is 3. The Labute approximate surface area is 94.8 Å². The van der Waals surface area contributed by atoms with E-state index in [1.54, 1.807) is 0 Å². The summed E-state index contributed by atoms with van der Waals surface area (Å²) < 4.78 is 55.6. The Balaban J connectivity index is 3.37. The molecular weight excluding hydrogens is 243 g/mol. The van der Waals surface area contributed by atoms with E-state index in [0.717, 1.165) is 0 Å². The lowest BCUT2D eigenvalue weighted by Gasteiger charge is -2.15. The van der Waals surface area contributed by atoms with Crippen LogP contribution in [0, 0.1) is 5.82 Å². The van der Waals surface area contributed by atoms with Gasteiger partial charge in [-0.25, -0.2) is 4.39 Å². The van der Waals surface area contributed by atoms with E-state index in [4.69, 9.17) is 10.0 Å². The fourth-order valence-corrected chi connectivity index (χ4v) is 1.29. The van der Waals surface area contributed by atoms with E-state index in [2.05, 4.69) is 4.74 Å². The molecule has 3 nitrogen and oxygen atoms in total. The van der Waals surface area contributed by atoms with E-state index in [0.29, 0.717) is 12.1 Å². The van der Waals surface area contributed by atoms with Crippen LogP contribution in [0.2, 0.25) is 0 Å². The highest BCUT2D eigenvalue weighted by molar-refractivity contribution is 6.59. The minimum atomic E-state index is -4.82. The van der Waals surface area contributed by atoms with Gasteiger partial charge in [-0.1, -0.05) is 0 Å². The highest BCUT2D eigenvalue weighted by Crippen LogP contribution is 2.31. The third-order valence-corrected chi connectivity index (χ3v) is 1.99. The molecule has 0 aliphatic heterocycles. The summed E-state index contributed by atoms with van der Waals surface area (Å²) in [4.78, 5) is 0. The molecule has 1 aromatic rings. The maximum Gasteiger partial charge on any atom is 0.489 e. The smallest absolute Gasteiger partial charge is 0.489 e. The van der Waals surface area contributed by atoms with Crippen molar-refractivity contribution in [2.45, 2.75) is 13.1 Å². The van der Waals surface area contributed by atoms with Crippen molar-refractivity contribution in [3.63, 3.8) is 0 Å². The molecule has 0 saturated heterocycles. The average molecular weight is 252 g/mol. The van der Waals surface area contributed by atoms with Crippen LogP contribution in [-0.2, 0) is 6.18 Å². The van der Waals surface area contributed by atoms with E-state index in [1.807, 2.05) is 0 Å². The zero-order valence-corrected chi connectivity index (χ0v) is 8.75. The first-order chi connectivity index (χ1) is 7.77. The summed E-state index contributed by atoms with van der Waals surface area (Å²) in [6, 6.07) is 0.812. The van der Waals surface area contributed by atoms with Crippen molar-refractivity contribution in [3.05, 3.63) is 23.5 Å². The van der Waals surface area contributed by atoms with Crippen molar-refractivity contribution in [2.75, 3.05) is 6.61 Å². The standard InChI is InChI=1S/C9H9BF4O3/c1-2-17-8-3-5(9(12,13)14)6(10(15)16)4-7(8)11/h3-4,15-16H,2H2,1H3. The molecule has 0 unspecified atom stereocenters. The summed E-state index contributed by atoms with van der Waals surface area (Å²) in [7, 11) is -2.41. The first-order valence-electron chi connectivity index (χ1n) is 4.67. The first kappa shape index (κ1) is 13.8. The minimum Gasteiger partial charge on any atom is -0.491 e. The lowest BCUT2D eigenvalue weighted by molar-refractivity contribution is -0.137. The van der Waals surface area contributed by atoms with Gasteiger partial charge in [-0.05, 0) is 24.5 Å². The number of alkyl halides is 3. The van der Waals surface area contributed by atoms with Crippen LogP contribution in [0.4, 0.5) is 17.6 Å². The van der Waals surface area contributed by atoms with E-state index in [1.165, 1.54) is 6.92 Å². The van der Waals surface area contributed by atoms with Gasteiger partial charge in [0.25, 0.3) is 0 Å². The Morgan fingerprint density at radius 2 is 1.88 bits per heavy atom. The van der Waals surface area contributed by atoms with E-state index in [-0.39, 0.29) is 6.61 Å². The topological polar surface area (TPSA) is 49.7 Å². The van der Waals surface area contributed by atoms with Crippen LogP contribution in [0.5, 0.6) is 5.75 Å². The van der Waals surface area contributed by atoms with Crippen LogP contribution in [0.1, 0.15) is 12.5 Å². The van der Waals surface area contributed by atoms with Crippen LogP contribution in [0.3, 0.4) is 0 Å². The molecule has 0 amide bonds. The largest absolute Gasteiger partial charge is 0.491 e. The summed E-state index contributed by atoms with van der Waals surface area (Å²) in [6.45, 7) is 1.48. The lowest BCUT2D eigenvalue weighted by Crippen LogP contribution is -2.36. The van der Waals surface area contributed by atoms with Gasteiger partial charge in [-0.15, -0.1) is 0 Å². The van der Waals surface area contributed by atoms with E-state index < -0.39 is 35.9 Å². The molecule has 1 rings (SSSR count). The van der Waals surface area contributed by atoms with Crippen LogP contribution in [-0.4, -0.2) is 23.8 Å². The fourth-order valence-electron chi connectivity index (χ4n) is 1.29. The highest BCUT2D eigenvalue weighted by Gasteiger charge is 2.37. The van der Waals surface area contributed by atoms with Gasteiger partial charge in [0.1, 0.15) is 0 Å². The van der Waals surface area contributed by atoms with Crippen molar-refractivity contribution in [1.29, 1.82) is 0 Å². The van der Waals surface area contributed by atoms with Crippen molar-refractivity contribution >= 4 is 12.6 Å². The molecular formula is C9H9BF4O3. The SMILES string of the molecule is CCOc1cc(C(F)(F)F)c(B(O)O)cc1F. The van der Waals surface area contributed by atoms with Gasteiger partial charge in [0.15, 0.2) is 11.6 Å². The Hall–Kier alpha value is -1.28. The molecule has 1 aromatic carbocycles. The second kappa shape index (κ2) is 4.93. The number of benzene rings is 1. The average Bonchev–Trinajstić information content (AvgIpc) is 2.18. The molecule has 8 heteroatoms. The van der Waals surface area contributed by atoms with Crippen molar-refractivity contribution < 1.29 is 32.3 Å². The molecule has 0 atom stereocenters. The number of halogens is 4. The number of ether oxygens (including phenoxy) is 1. The molecule has 17 heavy (non-hydrogen) atoms. The van der Waals surface area contributed by atoms with Crippen LogP contribution >= 0.6 is 0 Å². The summed E-state index contributed by atoms with van der Waals surface area (Å²) in [6.07, 6.45) is -4.82. The van der Waals surface area contributed by atoms with Crippen molar-refractivity contribution in [1.82, 2.24) is 0 Å². The van der Waals surface area contributed by atoms with Gasteiger partial charge in [-0.2, -0.15) is 13.2 Å². The predicted octanol–water partition coefficient (Wildman–Crippen LogP) is 0.923. The predicted molar refractivity (Wildman–Crippen MR) is 52.4 cm³/mol. The fraction of sp³-hybridized carbons (Fsp3) is 0.333. The third-order valence-electron chi connectivity index (χ3n) is 1.99. The molecule has 2 N–H and O–H groups in total. The molecule has 0 heterocycles. The summed E-state index contributed by atoms with van der Waals surface area (Å²) in [5.41, 5.74) is -2.28. The zero-order chi connectivity index (χ0) is 13.2. The maximum atomic E-state index is 13.3. The van der Waals surface area contributed by atoms with E-state index in [9.17, 15) is 17.6 Å². The van der Waals surface area contributed by atoms with Gasteiger partial charge in [0.2, 0.25) is 0 Å². The molecule has 0 bridgehead atoms. The van der Waals surface area contributed by atoms with Gasteiger partial charge in [0.05, 0.1) is 12.2 Å². The maximum absolute atomic E-state index is 13.3. The minimum absolute atomic E-state index is 0.00472. The van der Waals surface area contributed by atoms with Gasteiger partial charge < -0.3 is 14.8 Å². The molecule has 0 radical (unpaired) electrons. The molecule has 0 saturated carbocycles. The Morgan fingerprint density at radius 3 is 2.29 bits per heavy atom. The Kier molecular flexibility index (Phi) is 4.00. The van der Waals surface area contributed by atoms with Crippen LogP contribution in [0.15, 0.2) is 12.1 Å². The van der Waals surface area contributed by atoms with Crippen LogP contribution in [0.25, 0.3) is 0 Å². The molecule has 94 valence electrons. The third kappa shape index (κ3) is 3.10. The summed E-state index contributed by atoms with van der Waals surface area (Å²) >= 11 is 0. The molecule has 0 aliphatic carbocycles. The molecule has 0 aromatic heterocycles. The lowest BCUT2D eigenvalue weighted by atomic mass is 9.76. The first-order valence-corrected chi connectivity index (χ1v) is 4.67. The number of hydrogen-bond donors (Lipinski definition) is 2. The van der Waals surface area contributed by atoms with Crippen molar-refractivity contribution in [3.8, 4) is 5.75 Å². The molecule has 0 fully saturated rings. The Bertz CT molecular complexity index is 406. The number of hydrogen-bond acceptors (Lipinski definition) is 3. The van der Waals surface area contributed by atoms with Crippen LogP contribution < -0.4 is 10.2 Å². The highest BCUT2D eigenvalue weighted by atomic mass is 19.4. The summed E-state index contributed by atoms with van der Waals surface area (Å²) in [5, 5.41) is 17.5. The van der Waals surface area contributed by atoms with Gasteiger partial charge in [-0.3, -0.25) is 0 Å². The van der Waals surface area contributed by atoms with Crippen molar-refractivity contribution in [2.24, 2.45) is 0 Å². The molecule has 0 spiro atoms. The summed E-state index contributed by atoms with van der Waals surface area (Å²) in [5.74, 6) is -1.66. The normalized spacial score (nSPS) is 11.5.